The third-order valence-corrected chi connectivity index (χ3v) is 1.78. The van der Waals surface area contributed by atoms with Crippen molar-refractivity contribution in [3.63, 3.8) is 0 Å². The van der Waals surface area contributed by atoms with Crippen LogP contribution in [0, 0.1) is 0 Å². The van der Waals surface area contributed by atoms with E-state index < -0.39 is 5.97 Å². The van der Waals surface area contributed by atoms with Gasteiger partial charge in [0.1, 0.15) is 5.75 Å². The largest absolute Gasteiger partial charge is 0.506 e. The lowest BCUT2D eigenvalue weighted by atomic mass is 10.2. The smallest absolute Gasteiger partial charge is 0.337 e. The second-order valence-electron chi connectivity index (χ2n) is 2.75. The van der Waals surface area contributed by atoms with Crippen LogP contribution in [0.3, 0.4) is 0 Å². The fourth-order valence-corrected chi connectivity index (χ4v) is 1.11. The van der Waals surface area contributed by atoms with E-state index >= 15 is 0 Å². The zero-order valence-electron chi connectivity index (χ0n) is 8.20. The predicted octanol–water partition coefficient (Wildman–Crippen LogP) is 1.61. The molecule has 0 atom stereocenters. The molecule has 0 unspecified atom stereocenters. The number of anilines is 1. The highest BCUT2D eigenvalue weighted by Gasteiger charge is 2.08. The molecule has 2 N–H and O–H groups in total. The number of nitrogens with one attached hydrogen (secondary N) is 1. The van der Waals surface area contributed by atoms with Gasteiger partial charge in [-0.25, -0.2) is 4.79 Å². The third-order valence-electron chi connectivity index (χ3n) is 1.78. The van der Waals surface area contributed by atoms with Crippen molar-refractivity contribution in [2.45, 2.75) is 6.92 Å². The molecule has 1 aromatic carbocycles. The lowest BCUT2D eigenvalue weighted by molar-refractivity contribution is 0.0601. The fraction of sp³-hybridized carbons (Fsp3) is 0.300. The lowest BCUT2D eigenvalue weighted by Gasteiger charge is -2.07. The van der Waals surface area contributed by atoms with Crippen molar-refractivity contribution in [2.24, 2.45) is 0 Å². The summed E-state index contributed by atoms with van der Waals surface area (Å²) in [6.45, 7) is 2.59. The fourth-order valence-electron chi connectivity index (χ4n) is 1.11. The normalized spacial score (nSPS) is 9.57. The van der Waals surface area contributed by atoms with Crippen molar-refractivity contribution in [3.05, 3.63) is 23.8 Å². The van der Waals surface area contributed by atoms with Crippen LogP contribution in [-0.4, -0.2) is 24.7 Å². The molecule has 0 bridgehead atoms. The van der Waals surface area contributed by atoms with Crippen LogP contribution in [0.2, 0.25) is 0 Å². The molecule has 0 aliphatic carbocycles. The van der Waals surface area contributed by atoms with Crippen LogP contribution >= 0.6 is 0 Å². The van der Waals surface area contributed by atoms with E-state index in [0.717, 1.165) is 0 Å². The molecule has 76 valence electrons. The maximum atomic E-state index is 11.1. The third kappa shape index (κ3) is 2.16. The Morgan fingerprint density at radius 1 is 1.57 bits per heavy atom. The maximum Gasteiger partial charge on any atom is 0.337 e. The number of phenolic OH excluding ortho intramolecular Hbond substituents is 1. The van der Waals surface area contributed by atoms with Crippen LogP contribution < -0.4 is 5.32 Å². The Kier molecular flexibility index (Phi) is 3.34. The first-order chi connectivity index (χ1) is 6.69. The molecule has 0 heterocycles. The van der Waals surface area contributed by atoms with Gasteiger partial charge in [-0.05, 0) is 25.1 Å². The summed E-state index contributed by atoms with van der Waals surface area (Å²) in [5, 5.41) is 12.3. The predicted molar refractivity (Wildman–Crippen MR) is 53.6 cm³/mol. The maximum absolute atomic E-state index is 11.1. The Hall–Kier alpha value is -1.71. The summed E-state index contributed by atoms with van der Waals surface area (Å²) in [5.41, 5.74) is 0.955. The summed E-state index contributed by atoms with van der Waals surface area (Å²) in [5.74, 6) is -0.288. The number of hydrogen-bond acceptors (Lipinski definition) is 4. The van der Waals surface area contributed by atoms with Gasteiger partial charge in [0, 0.05) is 6.54 Å². The molecule has 4 heteroatoms. The summed E-state index contributed by atoms with van der Waals surface area (Å²) in [6, 6.07) is 4.54. The van der Waals surface area contributed by atoms with E-state index in [1.54, 1.807) is 6.07 Å². The summed E-state index contributed by atoms with van der Waals surface area (Å²) in [7, 11) is 1.32. The topological polar surface area (TPSA) is 58.6 Å². The number of benzene rings is 1. The zero-order valence-corrected chi connectivity index (χ0v) is 8.20. The molecule has 0 spiro atoms. The van der Waals surface area contributed by atoms with E-state index in [2.05, 4.69) is 10.1 Å². The van der Waals surface area contributed by atoms with Crippen LogP contribution in [0.5, 0.6) is 5.75 Å². The van der Waals surface area contributed by atoms with E-state index in [0.29, 0.717) is 17.8 Å². The highest BCUT2D eigenvalue weighted by Crippen LogP contribution is 2.24. The number of carbonyl (C=O) groups excluding carboxylic acids is 1. The molecule has 0 saturated heterocycles. The van der Waals surface area contributed by atoms with Gasteiger partial charge in [-0.1, -0.05) is 0 Å². The van der Waals surface area contributed by atoms with E-state index in [1.165, 1.54) is 19.2 Å². The van der Waals surface area contributed by atoms with Gasteiger partial charge in [-0.2, -0.15) is 0 Å². The Morgan fingerprint density at radius 2 is 2.29 bits per heavy atom. The molecule has 0 aliphatic rings. The lowest BCUT2D eigenvalue weighted by Crippen LogP contribution is -2.03. The number of methoxy groups -OCH3 is 1. The van der Waals surface area contributed by atoms with Gasteiger partial charge in [0.15, 0.2) is 0 Å². The molecular weight excluding hydrogens is 182 g/mol. The molecule has 0 amide bonds. The van der Waals surface area contributed by atoms with Gasteiger partial charge in [-0.15, -0.1) is 0 Å². The minimum absolute atomic E-state index is 0.125. The summed E-state index contributed by atoms with van der Waals surface area (Å²) in [6.07, 6.45) is 0. The number of phenols is 1. The number of carbonyl (C=O) groups is 1. The van der Waals surface area contributed by atoms with Crippen molar-refractivity contribution in [1.29, 1.82) is 0 Å². The first-order valence-corrected chi connectivity index (χ1v) is 4.34. The molecule has 0 fully saturated rings. The molecule has 0 aromatic heterocycles. The minimum Gasteiger partial charge on any atom is -0.506 e. The molecule has 0 saturated carbocycles. The standard InChI is InChI=1S/C10H13NO3/c1-3-11-8-6-7(10(13)14-2)4-5-9(8)12/h4-6,11-12H,3H2,1-2H3. The summed E-state index contributed by atoms with van der Waals surface area (Å²) < 4.78 is 4.56. The number of esters is 1. The number of rotatable bonds is 3. The van der Waals surface area contributed by atoms with E-state index in [-0.39, 0.29) is 5.75 Å². The van der Waals surface area contributed by atoms with Gasteiger partial charge in [-0.3, -0.25) is 0 Å². The zero-order chi connectivity index (χ0) is 10.6. The monoisotopic (exact) mass is 195 g/mol. The molecule has 0 aliphatic heterocycles. The SMILES string of the molecule is CCNc1cc(C(=O)OC)ccc1O. The Morgan fingerprint density at radius 3 is 2.86 bits per heavy atom. The second-order valence-corrected chi connectivity index (χ2v) is 2.75. The van der Waals surface area contributed by atoms with E-state index in [1.807, 2.05) is 6.92 Å². The van der Waals surface area contributed by atoms with Crippen LogP contribution in [0.1, 0.15) is 17.3 Å². The average molecular weight is 195 g/mol. The minimum atomic E-state index is -0.413. The Labute approximate surface area is 82.5 Å². The van der Waals surface area contributed by atoms with Gasteiger partial charge in [0.25, 0.3) is 0 Å². The molecule has 4 nitrogen and oxygen atoms in total. The molecule has 0 radical (unpaired) electrons. The quantitative estimate of drug-likeness (QED) is 0.568. The van der Waals surface area contributed by atoms with Crippen LogP contribution in [0.25, 0.3) is 0 Å². The number of ether oxygens (including phenoxy) is 1. The summed E-state index contributed by atoms with van der Waals surface area (Å²) in [4.78, 5) is 11.1. The first-order valence-electron chi connectivity index (χ1n) is 4.34. The van der Waals surface area contributed by atoms with Crippen LogP contribution in [0.15, 0.2) is 18.2 Å². The van der Waals surface area contributed by atoms with Crippen molar-refractivity contribution in [3.8, 4) is 5.75 Å². The second kappa shape index (κ2) is 4.50. The molecule has 14 heavy (non-hydrogen) atoms. The van der Waals surface area contributed by atoms with Gasteiger partial charge in [0.05, 0.1) is 18.4 Å². The van der Waals surface area contributed by atoms with Crippen molar-refractivity contribution in [1.82, 2.24) is 0 Å². The van der Waals surface area contributed by atoms with Crippen molar-refractivity contribution >= 4 is 11.7 Å². The average Bonchev–Trinajstić information content (AvgIpc) is 2.20. The molecular formula is C10H13NO3. The number of hydrogen-bond donors (Lipinski definition) is 2. The van der Waals surface area contributed by atoms with Gasteiger partial charge < -0.3 is 15.2 Å². The van der Waals surface area contributed by atoms with Crippen LogP contribution in [0.4, 0.5) is 5.69 Å². The highest BCUT2D eigenvalue weighted by atomic mass is 16.5. The molecule has 1 rings (SSSR count). The van der Waals surface area contributed by atoms with Gasteiger partial charge in [0.2, 0.25) is 0 Å². The van der Waals surface area contributed by atoms with Gasteiger partial charge >= 0.3 is 5.97 Å². The Bertz CT molecular complexity index is 336. The number of aromatic hydroxyl groups is 1. The highest BCUT2D eigenvalue weighted by molar-refractivity contribution is 5.91. The molecule has 1 aromatic rings. The first kappa shape index (κ1) is 10.4. The van der Waals surface area contributed by atoms with Crippen molar-refractivity contribution in [2.75, 3.05) is 19.0 Å². The van der Waals surface area contributed by atoms with E-state index in [4.69, 9.17) is 0 Å². The van der Waals surface area contributed by atoms with Crippen molar-refractivity contribution < 1.29 is 14.6 Å². The summed E-state index contributed by atoms with van der Waals surface area (Å²) >= 11 is 0. The van der Waals surface area contributed by atoms with Crippen LogP contribution in [-0.2, 0) is 4.74 Å². The Balaban J connectivity index is 2.99. The van der Waals surface area contributed by atoms with E-state index in [9.17, 15) is 9.90 Å².